The molecular weight excluding hydrogens is 458 g/mol. The van der Waals surface area contributed by atoms with Crippen molar-refractivity contribution in [2.75, 3.05) is 25.6 Å². The van der Waals surface area contributed by atoms with E-state index >= 15 is 0 Å². The number of ether oxygens (including phenoxy) is 3. The van der Waals surface area contributed by atoms with Crippen molar-refractivity contribution >= 4 is 34.8 Å². The van der Waals surface area contributed by atoms with Gasteiger partial charge in [0.05, 0.1) is 31.0 Å². The molecule has 1 fully saturated rings. The number of rotatable bonds is 6. The molecule has 8 heteroatoms. The predicted octanol–water partition coefficient (Wildman–Crippen LogP) is 5.33. The number of carbonyl (C=O) groups is 2. The largest absolute Gasteiger partial charge is 0.493 e. The number of fused-ring (bicyclic) bond motifs is 3. The van der Waals surface area contributed by atoms with Gasteiger partial charge in [0, 0.05) is 29.9 Å². The molecule has 2 heterocycles. The first-order valence-corrected chi connectivity index (χ1v) is 12.6. The maximum atomic E-state index is 13.8. The Morgan fingerprint density at radius 3 is 2.69 bits per heavy atom. The zero-order valence-corrected chi connectivity index (χ0v) is 20.7. The Balaban J connectivity index is 1.53. The molecule has 1 aromatic heterocycles. The minimum absolute atomic E-state index is 0.152. The lowest BCUT2D eigenvalue weighted by Gasteiger charge is -2.18. The number of amides is 1. The highest BCUT2D eigenvalue weighted by atomic mass is 16.5. The molecule has 1 atom stereocenters. The average Bonchev–Trinajstić information content (AvgIpc) is 3.44. The number of aromatic nitrogens is 1. The molecule has 0 bridgehead atoms. The Labute approximate surface area is 210 Å². The van der Waals surface area contributed by atoms with E-state index in [0.29, 0.717) is 35.8 Å². The third kappa shape index (κ3) is 4.55. The summed E-state index contributed by atoms with van der Waals surface area (Å²) in [6, 6.07) is 12.7. The molecule has 1 N–H and O–H groups in total. The predicted molar refractivity (Wildman–Crippen MR) is 139 cm³/mol. The third-order valence-corrected chi connectivity index (χ3v) is 6.81. The lowest BCUT2D eigenvalue weighted by atomic mass is 10.00. The molecule has 5 rings (SSSR count). The number of hydrogen-bond donors (Lipinski definition) is 1. The maximum Gasteiger partial charge on any atom is 0.330 e. The van der Waals surface area contributed by atoms with E-state index in [1.54, 1.807) is 43.0 Å². The quantitative estimate of drug-likeness (QED) is 0.473. The first kappa shape index (κ1) is 23.9. The van der Waals surface area contributed by atoms with Gasteiger partial charge in [0.25, 0.3) is 0 Å². The maximum absolute atomic E-state index is 13.8. The van der Waals surface area contributed by atoms with Crippen molar-refractivity contribution in [1.29, 1.82) is 0 Å². The standard InChI is InChI=1S/C28H31N3O5/c1-3-35-27(32)22-17-29-15-14-21-20-10-6-7-11-23(20)31(26(21)22)28(33)30-18-12-13-24(34-2)25(16-18)36-19-8-4-5-9-19/h6-7,10-13,16-17,19,22H,3-5,8-9,14-15H2,1-2H3,(H,30,33). The number of anilines is 1. The summed E-state index contributed by atoms with van der Waals surface area (Å²) in [5, 5.41) is 3.94. The van der Waals surface area contributed by atoms with Gasteiger partial charge in [-0.2, -0.15) is 0 Å². The van der Waals surface area contributed by atoms with Crippen molar-refractivity contribution in [3.8, 4) is 11.5 Å². The molecule has 8 nitrogen and oxygen atoms in total. The van der Waals surface area contributed by atoms with Gasteiger partial charge >= 0.3 is 12.0 Å². The van der Waals surface area contributed by atoms with Gasteiger partial charge < -0.3 is 19.5 Å². The lowest BCUT2D eigenvalue weighted by Crippen LogP contribution is -2.27. The highest BCUT2D eigenvalue weighted by Crippen LogP contribution is 2.36. The van der Waals surface area contributed by atoms with Gasteiger partial charge in [0.2, 0.25) is 0 Å². The van der Waals surface area contributed by atoms with Crippen LogP contribution in [0.2, 0.25) is 0 Å². The summed E-state index contributed by atoms with van der Waals surface area (Å²) in [6.45, 7) is 2.56. The third-order valence-electron chi connectivity index (χ3n) is 6.81. The van der Waals surface area contributed by atoms with E-state index < -0.39 is 11.9 Å². The van der Waals surface area contributed by atoms with Gasteiger partial charge in [-0.05, 0) is 62.8 Å². The Morgan fingerprint density at radius 2 is 1.92 bits per heavy atom. The van der Waals surface area contributed by atoms with Crippen LogP contribution in [0.4, 0.5) is 10.5 Å². The molecule has 1 amide bonds. The topological polar surface area (TPSA) is 91.2 Å². The van der Waals surface area contributed by atoms with Gasteiger partial charge in [-0.3, -0.25) is 14.4 Å². The second-order valence-corrected chi connectivity index (χ2v) is 9.07. The number of esters is 1. The van der Waals surface area contributed by atoms with Crippen LogP contribution in [0, 0.1) is 0 Å². The molecule has 0 spiro atoms. The SMILES string of the molecule is CCOC(=O)C1C=NCCc2c1n(C(=O)Nc1ccc(OC)c(OC3CCCC3)c1)c1ccccc21. The first-order valence-electron chi connectivity index (χ1n) is 12.6. The van der Waals surface area contributed by atoms with Crippen molar-refractivity contribution in [3.63, 3.8) is 0 Å². The van der Waals surface area contributed by atoms with Gasteiger partial charge in [-0.15, -0.1) is 0 Å². The number of nitrogens with one attached hydrogen (secondary N) is 1. The van der Waals surface area contributed by atoms with Crippen molar-refractivity contribution in [2.24, 2.45) is 4.99 Å². The molecule has 1 aliphatic carbocycles. The monoisotopic (exact) mass is 489 g/mol. The van der Waals surface area contributed by atoms with E-state index in [0.717, 1.165) is 42.1 Å². The van der Waals surface area contributed by atoms with Gasteiger partial charge in [0.1, 0.15) is 5.92 Å². The summed E-state index contributed by atoms with van der Waals surface area (Å²) in [7, 11) is 1.60. The Bertz CT molecular complexity index is 1310. The highest BCUT2D eigenvalue weighted by Gasteiger charge is 2.32. The number of nitrogens with zero attached hydrogens (tertiary/aromatic N) is 2. The van der Waals surface area contributed by atoms with Crippen LogP contribution in [0.3, 0.4) is 0 Å². The first-order chi connectivity index (χ1) is 17.6. The van der Waals surface area contributed by atoms with Crippen LogP contribution in [0.1, 0.15) is 49.8 Å². The van der Waals surface area contributed by atoms with Crippen LogP contribution in [-0.4, -0.2) is 49.1 Å². The summed E-state index contributed by atoms with van der Waals surface area (Å²) in [6.07, 6.45) is 6.72. The van der Waals surface area contributed by atoms with Crippen LogP contribution in [0.15, 0.2) is 47.5 Å². The number of aliphatic imine (C=N–C) groups is 1. The fraction of sp³-hybridized carbons (Fsp3) is 0.393. The van der Waals surface area contributed by atoms with Gasteiger partial charge in [-0.1, -0.05) is 18.2 Å². The number of methoxy groups -OCH3 is 1. The zero-order valence-electron chi connectivity index (χ0n) is 20.7. The zero-order chi connectivity index (χ0) is 25.1. The molecule has 188 valence electrons. The van der Waals surface area contributed by atoms with E-state index in [4.69, 9.17) is 14.2 Å². The highest BCUT2D eigenvalue weighted by molar-refractivity contribution is 6.05. The van der Waals surface area contributed by atoms with Gasteiger partial charge in [0.15, 0.2) is 11.5 Å². The van der Waals surface area contributed by atoms with E-state index in [2.05, 4.69) is 10.3 Å². The van der Waals surface area contributed by atoms with Crippen LogP contribution in [-0.2, 0) is 16.0 Å². The molecular formula is C28H31N3O5. The minimum Gasteiger partial charge on any atom is -0.493 e. The summed E-state index contributed by atoms with van der Waals surface area (Å²) in [5.41, 5.74) is 2.86. The normalized spacial score (nSPS) is 17.4. The summed E-state index contributed by atoms with van der Waals surface area (Å²) < 4.78 is 18.6. The van der Waals surface area contributed by atoms with Crippen LogP contribution in [0.5, 0.6) is 11.5 Å². The molecule has 1 aliphatic heterocycles. The van der Waals surface area contributed by atoms with E-state index in [9.17, 15) is 9.59 Å². The average molecular weight is 490 g/mol. The Hall–Kier alpha value is -3.81. The second-order valence-electron chi connectivity index (χ2n) is 9.07. The van der Waals surface area contributed by atoms with Crippen molar-refractivity contribution in [2.45, 2.75) is 51.0 Å². The molecule has 3 aromatic rings. The Morgan fingerprint density at radius 1 is 1.11 bits per heavy atom. The van der Waals surface area contributed by atoms with E-state index in [1.807, 2.05) is 24.3 Å². The fourth-order valence-corrected chi connectivity index (χ4v) is 5.18. The number of benzene rings is 2. The molecule has 0 radical (unpaired) electrons. The molecule has 2 aliphatic rings. The second kappa shape index (κ2) is 10.4. The molecule has 2 aromatic carbocycles. The van der Waals surface area contributed by atoms with E-state index in [1.165, 1.54) is 0 Å². The summed E-state index contributed by atoms with van der Waals surface area (Å²) in [4.78, 5) is 31.1. The smallest absolute Gasteiger partial charge is 0.330 e. The minimum atomic E-state index is -0.766. The van der Waals surface area contributed by atoms with Crippen molar-refractivity contribution < 1.29 is 23.8 Å². The molecule has 36 heavy (non-hydrogen) atoms. The molecule has 0 saturated heterocycles. The van der Waals surface area contributed by atoms with Crippen LogP contribution in [0.25, 0.3) is 10.9 Å². The van der Waals surface area contributed by atoms with Crippen molar-refractivity contribution in [3.05, 3.63) is 53.7 Å². The van der Waals surface area contributed by atoms with Gasteiger partial charge in [-0.25, -0.2) is 4.79 Å². The Kier molecular flexibility index (Phi) is 6.93. The summed E-state index contributed by atoms with van der Waals surface area (Å²) >= 11 is 0. The number of carbonyl (C=O) groups excluding carboxylic acids is 2. The van der Waals surface area contributed by atoms with Crippen LogP contribution >= 0.6 is 0 Å². The summed E-state index contributed by atoms with van der Waals surface area (Å²) in [5.74, 6) is 0.0457. The van der Waals surface area contributed by atoms with Crippen molar-refractivity contribution in [1.82, 2.24) is 4.57 Å². The molecule has 1 saturated carbocycles. The molecule has 1 unspecified atom stereocenters. The fourth-order valence-electron chi connectivity index (χ4n) is 5.18. The van der Waals surface area contributed by atoms with Crippen LogP contribution < -0.4 is 14.8 Å². The van der Waals surface area contributed by atoms with E-state index in [-0.39, 0.29) is 18.7 Å². The number of para-hydroxylation sites is 1. The number of hydrogen-bond acceptors (Lipinski definition) is 6. The lowest BCUT2D eigenvalue weighted by molar-refractivity contribution is -0.143.